The maximum atomic E-state index is 11.9. The maximum Gasteiger partial charge on any atom is 0.508 e. The Balaban J connectivity index is 2.21. The van der Waals surface area contributed by atoms with Crippen molar-refractivity contribution in [3.05, 3.63) is 43.0 Å². The summed E-state index contributed by atoms with van der Waals surface area (Å²) in [4.78, 5) is 39.2. The molecule has 1 N–H and O–H groups in total. The van der Waals surface area contributed by atoms with E-state index in [1.54, 1.807) is 6.92 Å². The van der Waals surface area contributed by atoms with Crippen molar-refractivity contribution >= 4 is 6.16 Å². The Kier molecular flexibility index (Phi) is 5.04. The lowest BCUT2D eigenvalue weighted by Gasteiger charge is -2.16. The fourth-order valence-electron chi connectivity index (χ4n) is 2.23. The van der Waals surface area contributed by atoms with Crippen molar-refractivity contribution in [2.24, 2.45) is 5.11 Å². The lowest BCUT2D eigenvalue weighted by Crippen LogP contribution is -2.33. The molecule has 1 aromatic heterocycles. The molecule has 124 valence electrons. The highest BCUT2D eigenvalue weighted by Crippen LogP contribution is 2.30. The number of aryl methyl sites for hydroxylation is 1. The molecule has 3 atom stereocenters. The number of nitrogens with zero attached hydrogens (tertiary/aromatic N) is 4. The average Bonchev–Trinajstić information content (AvgIpc) is 2.91. The zero-order valence-electron chi connectivity index (χ0n) is 12.5. The molecular weight excluding hydrogens is 310 g/mol. The molecule has 2 rings (SSSR count). The largest absolute Gasteiger partial charge is 0.508 e. The highest BCUT2D eigenvalue weighted by atomic mass is 16.7. The number of H-pyrrole nitrogens is 1. The summed E-state index contributed by atoms with van der Waals surface area (Å²) in [7, 11) is 1.16. The highest BCUT2D eigenvalue weighted by Gasteiger charge is 2.37. The van der Waals surface area contributed by atoms with E-state index in [4.69, 9.17) is 15.0 Å². The van der Waals surface area contributed by atoms with E-state index in [1.807, 2.05) is 0 Å². The number of methoxy groups -OCH3 is 1. The lowest BCUT2D eigenvalue weighted by atomic mass is 10.1. The molecule has 1 fully saturated rings. The van der Waals surface area contributed by atoms with E-state index in [-0.39, 0.29) is 13.0 Å². The highest BCUT2D eigenvalue weighted by molar-refractivity contribution is 5.59. The van der Waals surface area contributed by atoms with E-state index in [0.29, 0.717) is 5.56 Å². The van der Waals surface area contributed by atoms with E-state index < -0.39 is 35.8 Å². The van der Waals surface area contributed by atoms with Gasteiger partial charge in [0.2, 0.25) is 0 Å². The van der Waals surface area contributed by atoms with Gasteiger partial charge in [0.1, 0.15) is 18.9 Å². The van der Waals surface area contributed by atoms with Crippen LogP contribution in [0.25, 0.3) is 10.4 Å². The number of azide groups is 1. The summed E-state index contributed by atoms with van der Waals surface area (Å²) in [5, 5.41) is 3.59. The van der Waals surface area contributed by atoms with Gasteiger partial charge in [-0.1, -0.05) is 5.11 Å². The van der Waals surface area contributed by atoms with Gasteiger partial charge in [-0.05, 0) is 12.5 Å². The number of nitrogens with one attached hydrogen (secondary N) is 1. The van der Waals surface area contributed by atoms with Gasteiger partial charge in [0, 0.05) is 23.1 Å². The van der Waals surface area contributed by atoms with Gasteiger partial charge in [-0.25, -0.2) is 9.59 Å². The van der Waals surface area contributed by atoms with E-state index in [0.717, 1.165) is 7.11 Å². The van der Waals surface area contributed by atoms with Crippen molar-refractivity contribution in [2.75, 3.05) is 13.7 Å². The summed E-state index contributed by atoms with van der Waals surface area (Å²) in [5.74, 6) is 0. The van der Waals surface area contributed by atoms with Crippen LogP contribution in [0.1, 0.15) is 18.2 Å². The lowest BCUT2D eigenvalue weighted by molar-refractivity contribution is -0.0397. The molecule has 0 unspecified atom stereocenters. The van der Waals surface area contributed by atoms with Crippen LogP contribution >= 0.6 is 0 Å². The number of carbonyl (C=O) groups excluding carboxylic acids is 1. The van der Waals surface area contributed by atoms with Crippen LogP contribution in [0.4, 0.5) is 4.79 Å². The van der Waals surface area contributed by atoms with Crippen molar-refractivity contribution < 1.29 is 19.0 Å². The molecule has 0 aliphatic carbocycles. The van der Waals surface area contributed by atoms with Gasteiger partial charge in [0.05, 0.1) is 13.2 Å². The molecule has 11 nitrogen and oxygen atoms in total. The molecule has 2 heterocycles. The predicted octanol–water partition coefficient (Wildman–Crippen LogP) is 0.594. The van der Waals surface area contributed by atoms with Gasteiger partial charge in [0.25, 0.3) is 5.56 Å². The van der Waals surface area contributed by atoms with Crippen LogP contribution in [0.15, 0.2) is 20.9 Å². The Hall–Kier alpha value is -2.78. The molecule has 1 saturated heterocycles. The Morgan fingerprint density at radius 3 is 3.00 bits per heavy atom. The van der Waals surface area contributed by atoms with Crippen LogP contribution < -0.4 is 11.2 Å². The van der Waals surface area contributed by atoms with Gasteiger partial charge in [-0.15, -0.1) is 0 Å². The third kappa shape index (κ3) is 3.71. The number of hydrogen-bond acceptors (Lipinski definition) is 7. The fraction of sp³-hybridized carbons (Fsp3) is 0.583. The quantitative estimate of drug-likeness (QED) is 0.370. The number of aromatic nitrogens is 2. The van der Waals surface area contributed by atoms with Crippen LogP contribution in [-0.4, -0.2) is 41.6 Å². The third-order valence-corrected chi connectivity index (χ3v) is 3.39. The first-order valence-corrected chi connectivity index (χ1v) is 6.68. The van der Waals surface area contributed by atoms with Gasteiger partial charge >= 0.3 is 11.8 Å². The molecule has 1 aromatic rings. The maximum absolute atomic E-state index is 11.9. The van der Waals surface area contributed by atoms with Crippen molar-refractivity contribution in [1.82, 2.24) is 9.55 Å². The van der Waals surface area contributed by atoms with Crippen LogP contribution in [0.5, 0.6) is 0 Å². The minimum absolute atomic E-state index is 0.191. The van der Waals surface area contributed by atoms with Gasteiger partial charge in [-0.3, -0.25) is 14.3 Å². The normalized spacial score (nSPS) is 23.1. The Morgan fingerprint density at radius 2 is 2.35 bits per heavy atom. The molecule has 0 aromatic carbocycles. The first-order valence-electron chi connectivity index (χ1n) is 6.68. The first kappa shape index (κ1) is 16.6. The smallest absolute Gasteiger partial charge is 0.438 e. The summed E-state index contributed by atoms with van der Waals surface area (Å²) in [5.41, 5.74) is 7.83. The molecule has 11 heteroatoms. The van der Waals surface area contributed by atoms with Crippen molar-refractivity contribution in [1.29, 1.82) is 0 Å². The standard InChI is InChI=1S/C12H15N5O6/c1-6-4-17(11(19)14-10(6)18)9-3-7(15-16-13)8(23-9)5-22-12(20)21-2/h4,7-9H,3,5H2,1-2H3,(H,14,18,19)/t7-,8+,9+/m0/s1. The fourth-order valence-corrected chi connectivity index (χ4v) is 2.23. The van der Waals surface area contributed by atoms with Crippen LogP contribution in [0, 0.1) is 6.92 Å². The van der Waals surface area contributed by atoms with Crippen molar-refractivity contribution in [3.63, 3.8) is 0 Å². The van der Waals surface area contributed by atoms with Crippen LogP contribution in [0.2, 0.25) is 0 Å². The van der Waals surface area contributed by atoms with Gasteiger partial charge in [-0.2, -0.15) is 0 Å². The van der Waals surface area contributed by atoms with E-state index in [1.165, 1.54) is 10.8 Å². The Bertz CT molecular complexity index is 749. The zero-order chi connectivity index (χ0) is 17.0. The number of aromatic amines is 1. The number of hydrogen-bond donors (Lipinski definition) is 1. The van der Waals surface area contributed by atoms with Gasteiger partial charge in [0.15, 0.2) is 0 Å². The monoisotopic (exact) mass is 325 g/mol. The van der Waals surface area contributed by atoms with Gasteiger partial charge < -0.3 is 14.2 Å². The van der Waals surface area contributed by atoms with Crippen molar-refractivity contribution in [2.45, 2.75) is 31.7 Å². The molecule has 0 bridgehead atoms. The van der Waals surface area contributed by atoms with E-state index in [2.05, 4.69) is 19.7 Å². The zero-order valence-corrected chi connectivity index (χ0v) is 12.5. The van der Waals surface area contributed by atoms with E-state index >= 15 is 0 Å². The Morgan fingerprint density at radius 1 is 1.61 bits per heavy atom. The second-order valence-electron chi connectivity index (χ2n) is 4.88. The number of ether oxygens (including phenoxy) is 3. The molecule has 0 radical (unpaired) electrons. The minimum Gasteiger partial charge on any atom is -0.438 e. The second-order valence-corrected chi connectivity index (χ2v) is 4.88. The Labute approximate surface area is 129 Å². The molecular formula is C12H15N5O6. The average molecular weight is 325 g/mol. The molecule has 1 aliphatic rings. The predicted molar refractivity (Wildman–Crippen MR) is 75.9 cm³/mol. The summed E-state index contributed by atoms with van der Waals surface area (Å²) in [6.45, 7) is 1.36. The summed E-state index contributed by atoms with van der Waals surface area (Å²) < 4.78 is 16.0. The number of carbonyl (C=O) groups is 1. The minimum atomic E-state index is -0.895. The first-order chi connectivity index (χ1) is 11.0. The van der Waals surface area contributed by atoms with Crippen LogP contribution in [-0.2, 0) is 14.2 Å². The molecule has 0 amide bonds. The third-order valence-electron chi connectivity index (χ3n) is 3.39. The summed E-state index contributed by atoms with van der Waals surface area (Å²) in [6.07, 6.45) is -0.810. The summed E-state index contributed by atoms with van der Waals surface area (Å²) >= 11 is 0. The summed E-state index contributed by atoms with van der Waals surface area (Å²) in [6, 6.07) is -0.631. The number of rotatable bonds is 4. The SMILES string of the molecule is COC(=O)OC[C@H]1O[C@@H](n2cc(C)c(=O)[nH]c2=O)C[C@@H]1N=[N+]=[N-]. The molecule has 1 aliphatic heterocycles. The topological polar surface area (TPSA) is 148 Å². The van der Waals surface area contributed by atoms with E-state index in [9.17, 15) is 14.4 Å². The second kappa shape index (κ2) is 6.99. The molecule has 23 heavy (non-hydrogen) atoms. The molecule has 0 spiro atoms. The van der Waals surface area contributed by atoms with Crippen LogP contribution in [0.3, 0.4) is 0 Å². The van der Waals surface area contributed by atoms with Crippen molar-refractivity contribution in [3.8, 4) is 0 Å². The molecule has 0 saturated carbocycles.